The van der Waals surface area contributed by atoms with Crippen molar-refractivity contribution in [3.63, 3.8) is 0 Å². The lowest BCUT2D eigenvalue weighted by Crippen LogP contribution is -2.09. The summed E-state index contributed by atoms with van der Waals surface area (Å²) in [5.74, 6) is 1.09. The summed E-state index contributed by atoms with van der Waals surface area (Å²) in [5, 5.41) is 0. The zero-order valence-corrected chi connectivity index (χ0v) is 7.42. The highest BCUT2D eigenvalue weighted by atomic mass is 16.5. The Morgan fingerprint density at radius 3 is 3.08 bits per heavy atom. The van der Waals surface area contributed by atoms with E-state index in [9.17, 15) is 0 Å². The van der Waals surface area contributed by atoms with Crippen molar-refractivity contribution in [2.24, 2.45) is 0 Å². The lowest BCUT2D eigenvalue weighted by Gasteiger charge is -2.11. The van der Waals surface area contributed by atoms with Gasteiger partial charge in [-0.1, -0.05) is 18.2 Å². The van der Waals surface area contributed by atoms with E-state index in [0.717, 1.165) is 5.75 Å². The van der Waals surface area contributed by atoms with Crippen LogP contribution in [0, 0.1) is 0 Å². The molecule has 0 saturated carbocycles. The minimum absolute atomic E-state index is 0.383. The highest BCUT2D eigenvalue weighted by Crippen LogP contribution is 2.25. The van der Waals surface area contributed by atoms with Crippen LogP contribution in [0.15, 0.2) is 24.3 Å². The molecular weight excluding hydrogens is 148 g/mol. The van der Waals surface area contributed by atoms with Crippen LogP contribution in [0.25, 0.3) is 0 Å². The third-order valence-corrected chi connectivity index (χ3v) is 2.36. The van der Waals surface area contributed by atoms with Crippen molar-refractivity contribution in [3.05, 3.63) is 29.8 Å². The first-order chi connectivity index (χ1) is 5.86. The van der Waals surface area contributed by atoms with Gasteiger partial charge < -0.3 is 4.74 Å². The summed E-state index contributed by atoms with van der Waals surface area (Å²) in [7, 11) is 0. The molecule has 12 heavy (non-hydrogen) atoms. The van der Waals surface area contributed by atoms with Crippen molar-refractivity contribution in [3.8, 4) is 5.75 Å². The molecule has 0 radical (unpaired) electrons. The Hall–Kier alpha value is -0.980. The normalized spacial score (nSPS) is 22.2. The Labute approximate surface area is 73.4 Å². The van der Waals surface area contributed by atoms with Crippen LogP contribution in [0.1, 0.15) is 25.3 Å². The molecule has 0 fully saturated rings. The van der Waals surface area contributed by atoms with Gasteiger partial charge in [0.2, 0.25) is 0 Å². The number of hydrogen-bond donors (Lipinski definition) is 0. The lowest BCUT2D eigenvalue weighted by atomic mass is 10.1. The van der Waals surface area contributed by atoms with Crippen LogP contribution in [0.2, 0.25) is 0 Å². The standard InChI is InChI=1S/C11H14O/c1-9-5-4-7-10-6-2-3-8-11(10)12-9/h2-3,6,8-9H,4-5,7H2,1H3. The zero-order chi connectivity index (χ0) is 8.39. The van der Waals surface area contributed by atoms with E-state index in [0.29, 0.717) is 6.10 Å². The molecule has 1 aromatic rings. The van der Waals surface area contributed by atoms with Crippen LogP contribution in [0.4, 0.5) is 0 Å². The van der Waals surface area contributed by atoms with E-state index >= 15 is 0 Å². The molecule has 1 atom stereocenters. The Balaban J connectivity index is 2.31. The fourth-order valence-corrected chi connectivity index (χ4v) is 1.68. The van der Waals surface area contributed by atoms with Crippen LogP contribution in [0.5, 0.6) is 5.75 Å². The van der Waals surface area contributed by atoms with E-state index < -0.39 is 0 Å². The van der Waals surface area contributed by atoms with Crippen LogP contribution in [0.3, 0.4) is 0 Å². The maximum absolute atomic E-state index is 5.76. The van der Waals surface area contributed by atoms with E-state index in [1.165, 1.54) is 24.8 Å². The van der Waals surface area contributed by atoms with Gasteiger partial charge in [0, 0.05) is 0 Å². The summed E-state index contributed by atoms with van der Waals surface area (Å²) in [4.78, 5) is 0. The van der Waals surface area contributed by atoms with Gasteiger partial charge in [-0.15, -0.1) is 0 Å². The summed E-state index contributed by atoms with van der Waals surface area (Å²) in [5.41, 5.74) is 1.36. The second-order valence-electron chi connectivity index (χ2n) is 3.43. The van der Waals surface area contributed by atoms with Gasteiger partial charge in [0.25, 0.3) is 0 Å². The molecule has 1 nitrogen and oxygen atoms in total. The summed E-state index contributed by atoms with van der Waals surface area (Å²) in [6, 6.07) is 8.35. The van der Waals surface area contributed by atoms with Crippen molar-refractivity contribution in [1.29, 1.82) is 0 Å². The molecule has 0 spiro atoms. The smallest absolute Gasteiger partial charge is 0.122 e. The molecule has 0 bridgehead atoms. The third kappa shape index (κ3) is 1.45. The Morgan fingerprint density at radius 1 is 1.33 bits per heavy atom. The number of ether oxygens (including phenoxy) is 1. The molecule has 0 N–H and O–H groups in total. The quantitative estimate of drug-likeness (QED) is 0.570. The molecule has 1 aromatic carbocycles. The Kier molecular flexibility index (Phi) is 2.03. The number of fused-ring (bicyclic) bond motifs is 1. The molecule has 1 aliphatic rings. The van der Waals surface area contributed by atoms with Crippen molar-refractivity contribution in [2.45, 2.75) is 32.3 Å². The lowest BCUT2D eigenvalue weighted by molar-refractivity contribution is 0.216. The Morgan fingerprint density at radius 2 is 2.17 bits per heavy atom. The van der Waals surface area contributed by atoms with Gasteiger partial charge in [0.05, 0.1) is 6.10 Å². The van der Waals surface area contributed by atoms with Gasteiger partial charge >= 0.3 is 0 Å². The van der Waals surface area contributed by atoms with Gasteiger partial charge in [0.15, 0.2) is 0 Å². The number of benzene rings is 1. The number of aryl methyl sites for hydroxylation is 1. The maximum atomic E-state index is 5.76. The van der Waals surface area contributed by atoms with Crippen LogP contribution in [-0.2, 0) is 6.42 Å². The van der Waals surface area contributed by atoms with Gasteiger partial charge in [-0.05, 0) is 37.8 Å². The van der Waals surface area contributed by atoms with E-state index in [4.69, 9.17) is 4.74 Å². The predicted octanol–water partition coefficient (Wildman–Crippen LogP) is 2.79. The van der Waals surface area contributed by atoms with E-state index in [1.54, 1.807) is 0 Å². The fraction of sp³-hybridized carbons (Fsp3) is 0.455. The fourth-order valence-electron chi connectivity index (χ4n) is 1.68. The molecule has 0 amide bonds. The topological polar surface area (TPSA) is 9.23 Å². The molecule has 0 saturated heterocycles. The highest BCUT2D eigenvalue weighted by Gasteiger charge is 2.12. The monoisotopic (exact) mass is 162 g/mol. The Bertz CT molecular complexity index is 267. The van der Waals surface area contributed by atoms with Crippen LogP contribution < -0.4 is 4.74 Å². The molecule has 2 rings (SSSR count). The first kappa shape index (κ1) is 7.66. The van der Waals surface area contributed by atoms with Crippen molar-refractivity contribution >= 4 is 0 Å². The van der Waals surface area contributed by atoms with Gasteiger partial charge in [-0.2, -0.15) is 0 Å². The SMILES string of the molecule is CC1CCCc2ccccc2O1. The molecule has 1 unspecified atom stereocenters. The number of hydrogen-bond acceptors (Lipinski definition) is 1. The molecular formula is C11H14O. The van der Waals surface area contributed by atoms with Gasteiger partial charge in [0.1, 0.15) is 5.75 Å². The van der Waals surface area contributed by atoms with E-state index in [2.05, 4.69) is 25.1 Å². The largest absolute Gasteiger partial charge is 0.490 e. The van der Waals surface area contributed by atoms with Crippen molar-refractivity contribution in [1.82, 2.24) is 0 Å². The third-order valence-electron chi connectivity index (χ3n) is 2.36. The molecule has 0 aliphatic carbocycles. The molecule has 1 heteroatoms. The molecule has 1 heterocycles. The van der Waals surface area contributed by atoms with Crippen LogP contribution >= 0.6 is 0 Å². The zero-order valence-electron chi connectivity index (χ0n) is 7.42. The minimum Gasteiger partial charge on any atom is -0.490 e. The van der Waals surface area contributed by atoms with E-state index in [1.807, 2.05) is 6.07 Å². The first-order valence-corrected chi connectivity index (χ1v) is 4.61. The number of rotatable bonds is 0. The maximum Gasteiger partial charge on any atom is 0.122 e. The van der Waals surface area contributed by atoms with Crippen molar-refractivity contribution < 1.29 is 4.74 Å². The first-order valence-electron chi connectivity index (χ1n) is 4.61. The molecule has 1 aliphatic heterocycles. The van der Waals surface area contributed by atoms with E-state index in [-0.39, 0.29) is 0 Å². The van der Waals surface area contributed by atoms with Gasteiger partial charge in [-0.3, -0.25) is 0 Å². The summed E-state index contributed by atoms with van der Waals surface area (Å²) < 4.78 is 5.76. The predicted molar refractivity (Wildman–Crippen MR) is 49.5 cm³/mol. The molecule has 0 aromatic heterocycles. The minimum atomic E-state index is 0.383. The van der Waals surface area contributed by atoms with Crippen LogP contribution in [-0.4, -0.2) is 6.10 Å². The summed E-state index contributed by atoms with van der Waals surface area (Å²) in [6.45, 7) is 2.14. The summed E-state index contributed by atoms with van der Waals surface area (Å²) in [6.07, 6.45) is 3.97. The highest BCUT2D eigenvalue weighted by molar-refractivity contribution is 5.34. The van der Waals surface area contributed by atoms with Crippen molar-refractivity contribution in [2.75, 3.05) is 0 Å². The van der Waals surface area contributed by atoms with Gasteiger partial charge in [-0.25, -0.2) is 0 Å². The molecule has 64 valence electrons. The summed E-state index contributed by atoms with van der Waals surface area (Å²) >= 11 is 0. The second kappa shape index (κ2) is 3.18. The second-order valence-corrected chi connectivity index (χ2v) is 3.43. The number of para-hydroxylation sites is 1. The average molecular weight is 162 g/mol. The average Bonchev–Trinajstić information content (AvgIpc) is 2.25.